The summed E-state index contributed by atoms with van der Waals surface area (Å²) in [6.45, 7) is 5.94. The maximum absolute atomic E-state index is 14.3. The number of halogens is 2. The number of carbonyl (C=O) groups is 2. The molecule has 0 bridgehead atoms. The molecule has 0 fully saturated rings. The molecule has 0 saturated carbocycles. The molecule has 4 rings (SSSR count). The second-order valence-corrected chi connectivity index (χ2v) is 14.5. The Bertz CT molecular complexity index is 1680. The van der Waals surface area contributed by atoms with Crippen LogP contribution in [0.25, 0.3) is 0 Å². The summed E-state index contributed by atoms with van der Waals surface area (Å²) >= 11 is 5.94. The van der Waals surface area contributed by atoms with Gasteiger partial charge in [0.05, 0.1) is 35.3 Å². The van der Waals surface area contributed by atoms with Gasteiger partial charge in [0.2, 0.25) is 0 Å². The number of anilines is 2. The fraction of sp³-hybridized carbons (Fsp3) is 0.429. The monoisotopic (exact) mass is 718 g/mol. The van der Waals surface area contributed by atoms with Crippen molar-refractivity contribution in [1.82, 2.24) is 9.80 Å². The Labute approximate surface area is 292 Å². The number of nitrogens with one attached hydrogen (secondary N) is 2. The van der Waals surface area contributed by atoms with Crippen molar-refractivity contribution in [2.45, 2.75) is 63.2 Å². The van der Waals surface area contributed by atoms with E-state index >= 15 is 0 Å². The number of benzene rings is 3. The van der Waals surface area contributed by atoms with Gasteiger partial charge in [-0.25, -0.2) is 17.6 Å². The van der Waals surface area contributed by atoms with E-state index in [-0.39, 0.29) is 53.6 Å². The average molecular weight is 719 g/mol. The Morgan fingerprint density at radius 2 is 1.76 bits per heavy atom. The van der Waals surface area contributed by atoms with Crippen LogP contribution in [0.1, 0.15) is 50.4 Å². The molecule has 14 heteroatoms. The molecule has 1 aliphatic rings. The van der Waals surface area contributed by atoms with E-state index in [2.05, 4.69) is 10.0 Å². The first kappa shape index (κ1) is 37.9. The van der Waals surface area contributed by atoms with E-state index in [1.165, 1.54) is 70.5 Å². The van der Waals surface area contributed by atoms with Crippen molar-refractivity contribution < 1.29 is 37.0 Å². The van der Waals surface area contributed by atoms with Crippen molar-refractivity contribution in [3.63, 3.8) is 0 Å². The summed E-state index contributed by atoms with van der Waals surface area (Å²) in [5, 5.41) is 13.3. The number of amides is 3. The molecular weight excluding hydrogens is 675 g/mol. The fourth-order valence-corrected chi connectivity index (χ4v) is 6.56. The number of sulfonamides is 1. The Kier molecular flexibility index (Phi) is 13.3. The highest BCUT2D eigenvalue weighted by Crippen LogP contribution is 2.30. The van der Waals surface area contributed by atoms with E-state index in [1.54, 1.807) is 20.0 Å². The molecule has 266 valence electrons. The number of urea groups is 1. The summed E-state index contributed by atoms with van der Waals surface area (Å²) in [5.74, 6) is -0.904. The number of rotatable bonds is 8. The summed E-state index contributed by atoms with van der Waals surface area (Å²) in [6.07, 6.45) is 1.42. The molecule has 3 amide bonds. The molecule has 11 nitrogen and oxygen atoms in total. The Hall–Kier alpha value is -3.91. The van der Waals surface area contributed by atoms with Gasteiger partial charge in [-0.1, -0.05) is 18.5 Å². The standard InChI is InChI=1S/C35H44ClFN4O7S/c1-23-20-41(24(2)22-42)34(43)31-19-29(39-49(45,46)30-15-8-26(36)9-16-30)14-17-32(31)48-25(3)7-5-6-18-47-33(23)21-40(4)35(44)38-28-12-10-27(37)11-13-28/h8-17,19,23-25,33,39,42H,5-7,18,20-22H2,1-4H3,(H,38,44)/t23-,24+,25+,33-/m0/s1. The number of likely N-dealkylation sites (N-methyl/N-ethyl adjacent to an activating group) is 1. The molecule has 3 N–H and O–H groups in total. The van der Waals surface area contributed by atoms with Gasteiger partial charge in [0, 0.05) is 49.1 Å². The molecule has 3 aromatic rings. The lowest BCUT2D eigenvalue weighted by molar-refractivity contribution is -0.0115. The normalized spacial score (nSPS) is 19.9. The van der Waals surface area contributed by atoms with E-state index in [4.69, 9.17) is 21.1 Å². The second-order valence-electron chi connectivity index (χ2n) is 12.4. The maximum atomic E-state index is 14.3. The number of carbonyl (C=O) groups excluding carboxylic acids is 2. The topological polar surface area (TPSA) is 138 Å². The Morgan fingerprint density at radius 3 is 2.43 bits per heavy atom. The predicted octanol–water partition coefficient (Wildman–Crippen LogP) is 6.24. The number of aliphatic hydroxyl groups is 1. The van der Waals surface area contributed by atoms with Crippen molar-refractivity contribution in [3.05, 3.63) is 83.1 Å². The van der Waals surface area contributed by atoms with E-state index in [0.29, 0.717) is 23.7 Å². The zero-order valence-electron chi connectivity index (χ0n) is 28.1. The van der Waals surface area contributed by atoms with Crippen molar-refractivity contribution >= 4 is 44.9 Å². The summed E-state index contributed by atoms with van der Waals surface area (Å²) in [6, 6.07) is 14.7. The predicted molar refractivity (Wildman–Crippen MR) is 187 cm³/mol. The van der Waals surface area contributed by atoms with Crippen LogP contribution in [0.4, 0.5) is 20.6 Å². The number of hydrogen-bond donors (Lipinski definition) is 3. The fourth-order valence-electron chi connectivity index (χ4n) is 5.38. The van der Waals surface area contributed by atoms with Crippen molar-refractivity contribution in [2.24, 2.45) is 5.92 Å². The zero-order chi connectivity index (χ0) is 35.7. The third kappa shape index (κ3) is 10.5. The molecule has 1 heterocycles. The van der Waals surface area contributed by atoms with Crippen LogP contribution in [0.3, 0.4) is 0 Å². The van der Waals surface area contributed by atoms with Gasteiger partial charge in [-0.05, 0) is 99.8 Å². The number of hydrogen-bond acceptors (Lipinski definition) is 7. The third-order valence-corrected chi connectivity index (χ3v) is 9.97. The van der Waals surface area contributed by atoms with Crippen LogP contribution in [0.15, 0.2) is 71.6 Å². The molecule has 0 saturated heterocycles. The summed E-state index contributed by atoms with van der Waals surface area (Å²) in [7, 11) is -2.38. The van der Waals surface area contributed by atoms with E-state index in [9.17, 15) is 27.5 Å². The highest BCUT2D eigenvalue weighted by molar-refractivity contribution is 7.92. The quantitative estimate of drug-likeness (QED) is 0.251. The van der Waals surface area contributed by atoms with Gasteiger partial charge >= 0.3 is 6.03 Å². The van der Waals surface area contributed by atoms with E-state index in [0.717, 1.165) is 12.8 Å². The number of fused-ring (bicyclic) bond motifs is 1. The van der Waals surface area contributed by atoms with Crippen LogP contribution < -0.4 is 14.8 Å². The van der Waals surface area contributed by atoms with Gasteiger partial charge in [0.15, 0.2) is 0 Å². The minimum absolute atomic E-state index is 0.0000990. The van der Waals surface area contributed by atoms with Crippen molar-refractivity contribution in [3.8, 4) is 5.75 Å². The lowest BCUT2D eigenvalue weighted by atomic mass is 10.0. The minimum atomic E-state index is -4.01. The van der Waals surface area contributed by atoms with Crippen molar-refractivity contribution in [1.29, 1.82) is 0 Å². The zero-order valence-corrected chi connectivity index (χ0v) is 29.6. The van der Waals surface area contributed by atoms with Crippen LogP contribution in [0, 0.1) is 11.7 Å². The lowest BCUT2D eigenvalue weighted by Crippen LogP contribution is -2.48. The van der Waals surface area contributed by atoms with Crippen molar-refractivity contribution in [2.75, 3.05) is 43.4 Å². The molecule has 0 radical (unpaired) electrons. The molecule has 3 aromatic carbocycles. The summed E-state index contributed by atoms with van der Waals surface area (Å²) < 4.78 is 54.8. The molecule has 49 heavy (non-hydrogen) atoms. The average Bonchev–Trinajstić information content (AvgIpc) is 3.07. The summed E-state index contributed by atoms with van der Waals surface area (Å²) in [4.78, 5) is 30.3. The molecule has 0 aromatic heterocycles. The largest absolute Gasteiger partial charge is 0.490 e. The second kappa shape index (κ2) is 17.1. The molecule has 4 atom stereocenters. The highest BCUT2D eigenvalue weighted by Gasteiger charge is 2.31. The van der Waals surface area contributed by atoms with Gasteiger partial charge in [0.25, 0.3) is 15.9 Å². The molecule has 1 aliphatic heterocycles. The number of aliphatic hydroxyl groups excluding tert-OH is 1. The number of nitrogens with zero attached hydrogens (tertiary/aromatic N) is 2. The molecule has 0 spiro atoms. The van der Waals surface area contributed by atoms with Crippen LogP contribution in [-0.2, 0) is 14.8 Å². The van der Waals surface area contributed by atoms with Crippen LogP contribution in [0.2, 0.25) is 5.02 Å². The van der Waals surface area contributed by atoms with Gasteiger partial charge in [-0.3, -0.25) is 9.52 Å². The smallest absolute Gasteiger partial charge is 0.321 e. The van der Waals surface area contributed by atoms with Crippen LogP contribution >= 0.6 is 11.6 Å². The van der Waals surface area contributed by atoms with Gasteiger partial charge < -0.3 is 29.7 Å². The first-order chi connectivity index (χ1) is 23.3. The highest BCUT2D eigenvalue weighted by atomic mass is 35.5. The summed E-state index contributed by atoms with van der Waals surface area (Å²) in [5.41, 5.74) is 0.719. The Balaban J connectivity index is 1.62. The van der Waals surface area contributed by atoms with Gasteiger partial charge in [-0.15, -0.1) is 0 Å². The van der Waals surface area contributed by atoms with E-state index < -0.39 is 39.9 Å². The van der Waals surface area contributed by atoms with E-state index in [1.807, 2.05) is 13.8 Å². The third-order valence-electron chi connectivity index (χ3n) is 8.32. The first-order valence-electron chi connectivity index (χ1n) is 16.2. The van der Waals surface area contributed by atoms with Crippen LogP contribution in [0.5, 0.6) is 5.75 Å². The van der Waals surface area contributed by atoms with Gasteiger partial charge in [-0.2, -0.15) is 0 Å². The van der Waals surface area contributed by atoms with Crippen LogP contribution in [-0.4, -0.2) is 86.9 Å². The van der Waals surface area contributed by atoms with Gasteiger partial charge in [0.1, 0.15) is 11.6 Å². The molecule has 0 unspecified atom stereocenters. The minimum Gasteiger partial charge on any atom is -0.490 e. The Morgan fingerprint density at radius 1 is 1.08 bits per heavy atom. The molecule has 0 aliphatic carbocycles. The number of ether oxygens (including phenoxy) is 2. The first-order valence-corrected chi connectivity index (χ1v) is 18.0. The lowest BCUT2D eigenvalue weighted by Gasteiger charge is -2.35. The maximum Gasteiger partial charge on any atom is 0.321 e. The SMILES string of the molecule is C[C@@H]1CCCCO[C@@H](CN(C)C(=O)Nc2ccc(F)cc2)[C@@H](C)CN([C@H](C)CO)C(=O)c2cc(NS(=O)(=O)c3ccc(Cl)cc3)ccc2O1. The molecular formula is C35H44ClFN4O7S.